The Balaban J connectivity index is 1.79. The Bertz CT molecular complexity index is 872. The Hall–Kier alpha value is -2.87. The summed E-state index contributed by atoms with van der Waals surface area (Å²) in [6.45, 7) is 0. The van der Waals surface area contributed by atoms with Gasteiger partial charge in [0.25, 0.3) is 11.5 Å². The lowest BCUT2D eigenvalue weighted by Crippen LogP contribution is -2.23. The van der Waals surface area contributed by atoms with Crippen molar-refractivity contribution in [2.75, 3.05) is 5.32 Å². The van der Waals surface area contributed by atoms with Crippen LogP contribution in [0.15, 0.2) is 46.7 Å². The van der Waals surface area contributed by atoms with E-state index in [1.807, 2.05) is 23.6 Å². The van der Waals surface area contributed by atoms with Crippen LogP contribution in [-0.4, -0.2) is 25.7 Å². The number of rotatable bonds is 3. The van der Waals surface area contributed by atoms with E-state index in [4.69, 9.17) is 0 Å². The molecule has 0 aliphatic carbocycles. The molecule has 0 aromatic carbocycles. The summed E-state index contributed by atoms with van der Waals surface area (Å²) in [7, 11) is 1.49. The predicted octanol–water partition coefficient (Wildman–Crippen LogP) is 1.55. The van der Waals surface area contributed by atoms with Crippen molar-refractivity contribution in [3.8, 4) is 11.4 Å². The Morgan fingerprint density at radius 2 is 2.09 bits per heavy atom. The molecule has 0 spiro atoms. The molecule has 0 aliphatic rings. The third-order valence-corrected chi connectivity index (χ3v) is 3.60. The van der Waals surface area contributed by atoms with E-state index in [1.165, 1.54) is 30.5 Å². The maximum Gasteiger partial charge on any atom is 0.277 e. The van der Waals surface area contributed by atoms with Crippen LogP contribution in [0.1, 0.15) is 10.5 Å². The molecule has 0 radical (unpaired) electrons. The van der Waals surface area contributed by atoms with Gasteiger partial charge >= 0.3 is 0 Å². The van der Waals surface area contributed by atoms with Gasteiger partial charge in [-0.2, -0.15) is 5.10 Å². The molecule has 110 valence electrons. The predicted molar refractivity (Wildman–Crippen MR) is 82.8 cm³/mol. The van der Waals surface area contributed by atoms with E-state index in [0.29, 0.717) is 10.8 Å². The first-order valence-electron chi connectivity index (χ1n) is 6.36. The maximum absolute atomic E-state index is 12.1. The molecular formula is C14H11N5O2S. The first-order chi connectivity index (χ1) is 10.6. The molecule has 0 fully saturated rings. The van der Waals surface area contributed by atoms with Crippen LogP contribution in [0.5, 0.6) is 0 Å². The molecule has 0 saturated carbocycles. The highest BCUT2D eigenvalue weighted by molar-refractivity contribution is 7.14. The van der Waals surface area contributed by atoms with Crippen molar-refractivity contribution in [3.05, 3.63) is 58.0 Å². The second-order valence-corrected chi connectivity index (χ2v) is 5.25. The zero-order valence-corrected chi connectivity index (χ0v) is 12.4. The maximum atomic E-state index is 12.1. The van der Waals surface area contributed by atoms with Gasteiger partial charge in [0.1, 0.15) is 11.4 Å². The van der Waals surface area contributed by atoms with Crippen molar-refractivity contribution < 1.29 is 4.79 Å². The zero-order chi connectivity index (χ0) is 15.5. The number of thiazole rings is 1. The molecule has 0 atom stereocenters. The molecule has 0 unspecified atom stereocenters. The van der Waals surface area contributed by atoms with Gasteiger partial charge in [0.15, 0.2) is 5.13 Å². The number of nitrogens with zero attached hydrogens (tertiary/aromatic N) is 4. The van der Waals surface area contributed by atoms with Crippen LogP contribution >= 0.6 is 11.3 Å². The summed E-state index contributed by atoms with van der Waals surface area (Å²) >= 11 is 1.30. The minimum absolute atomic E-state index is 0.150. The Kier molecular flexibility index (Phi) is 3.75. The van der Waals surface area contributed by atoms with Crippen molar-refractivity contribution in [1.29, 1.82) is 0 Å². The van der Waals surface area contributed by atoms with E-state index in [9.17, 15) is 9.59 Å². The minimum atomic E-state index is -0.419. The molecule has 3 aromatic rings. The zero-order valence-electron chi connectivity index (χ0n) is 11.6. The number of carbonyl (C=O) groups excluding carboxylic acids is 1. The van der Waals surface area contributed by atoms with Gasteiger partial charge < -0.3 is 0 Å². The van der Waals surface area contributed by atoms with Crippen molar-refractivity contribution in [2.24, 2.45) is 7.05 Å². The van der Waals surface area contributed by atoms with Crippen LogP contribution in [-0.2, 0) is 7.05 Å². The molecule has 22 heavy (non-hydrogen) atoms. The largest absolute Gasteiger partial charge is 0.296 e. The van der Waals surface area contributed by atoms with Crippen LogP contribution in [0.4, 0.5) is 5.13 Å². The quantitative estimate of drug-likeness (QED) is 0.792. The highest BCUT2D eigenvalue weighted by Gasteiger charge is 2.12. The fraction of sp³-hybridized carbons (Fsp3) is 0.0714. The van der Waals surface area contributed by atoms with Crippen LogP contribution in [0.2, 0.25) is 0 Å². The smallest absolute Gasteiger partial charge is 0.277 e. The lowest BCUT2D eigenvalue weighted by Gasteiger charge is -2.02. The van der Waals surface area contributed by atoms with E-state index in [2.05, 4.69) is 20.4 Å². The average molecular weight is 313 g/mol. The number of carbonyl (C=O) groups is 1. The van der Waals surface area contributed by atoms with Crippen molar-refractivity contribution in [2.45, 2.75) is 0 Å². The second kappa shape index (κ2) is 5.86. The third kappa shape index (κ3) is 2.91. The second-order valence-electron chi connectivity index (χ2n) is 4.39. The molecule has 0 saturated heterocycles. The van der Waals surface area contributed by atoms with Gasteiger partial charge in [0, 0.05) is 24.7 Å². The van der Waals surface area contributed by atoms with E-state index in [0.717, 1.165) is 10.4 Å². The van der Waals surface area contributed by atoms with Gasteiger partial charge in [-0.25, -0.2) is 9.67 Å². The van der Waals surface area contributed by atoms with Gasteiger partial charge in [-0.1, -0.05) is 6.07 Å². The standard InChI is InChI=1S/C14H11N5O2S/c1-19-12(20)6-5-10(18-19)13(21)17-14-16-11(8-22-14)9-4-2-3-7-15-9/h2-8H,1H3,(H,16,17,21). The Morgan fingerprint density at radius 3 is 2.82 bits per heavy atom. The number of pyridine rings is 1. The first kappa shape index (κ1) is 14.1. The summed E-state index contributed by atoms with van der Waals surface area (Å²) in [5, 5.41) is 8.81. The monoisotopic (exact) mass is 313 g/mol. The molecule has 0 aliphatic heterocycles. The van der Waals surface area contributed by atoms with Crippen LogP contribution < -0.4 is 10.9 Å². The van der Waals surface area contributed by atoms with Gasteiger partial charge in [-0.15, -0.1) is 11.3 Å². The summed E-state index contributed by atoms with van der Waals surface area (Å²) in [5.74, 6) is -0.419. The van der Waals surface area contributed by atoms with E-state index in [1.54, 1.807) is 6.20 Å². The molecule has 3 heterocycles. The molecule has 1 amide bonds. The van der Waals surface area contributed by atoms with E-state index >= 15 is 0 Å². The summed E-state index contributed by atoms with van der Waals surface area (Å²) in [4.78, 5) is 31.9. The Morgan fingerprint density at radius 1 is 1.23 bits per heavy atom. The topological polar surface area (TPSA) is 89.8 Å². The van der Waals surface area contributed by atoms with Crippen molar-refractivity contribution >= 4 is 22.4 Å². The molecule has 0 bridgehead atoms. The van der Waals surface area contributed by atoms with Gasteiger partial charge in [0.2, 0.25) is 0 Å². The summed E-state index contributed by atoms with van der Waals surface area (Å²) < 4.78 is 1.11. The molecule has 1 N–H and O–H groups in total. The van der Waals surface area contributed by atoms with E-state index in [-0.39, 0.29) is 11.3 Å². The van der Waals surface area contributed by atoms with Gasteiger partial charge in [-0.05, 0) is 18.2 Å². The lowest BCUT2D eigenvalue weighted by atomic mass is 10.3. The number of aryl methyl sites for hydroxylation is 1. The molecule has 8 heteroatoms. The SMILES string of the molecule is Cn1nc(C(=O)Nc2nc(-c3ccccn3)cs2)ccc1=O. The fourth-order valence-corrected chi connectivity index (χ4v) is 2.45. The van der Waals surface area contributed by atoms with Crippen LogP contribution in [0.3, 0.4) is 0 Å². The summed E-state index contributed by atoms with van der Waals surface area (Å²) in [6, 6.07) is 8.21. The molecule has 3 rings (SSSR count). The van der Waals surface area contributed by atoms with E-state index < -0.39 is 5.91 Å². The highest BCUT2D eigenvalue weighted by Crippen LogP contribution is 2.23. The van der Waals surface area contributed by atoms with Crippen molar-refractivity contribution in [1.82, 2.24) is 19.7 Å². The number of anilines is 1. The molecular weight excluding hydrogens is 302 g/mol. The van der Waals surface area contributed by atoms with Gasteiger partial charge in [-0.3, -0.25) is 19.9 Å². The highest BCUT2D eigenvalue weighted by atomic mass is 32.1. The normalized spacial score (nSPS) is 10.4. The van der Waals surface area contributed by atoms with Crippen LogP contribution in [0.25, 0.3) is 11.4 Å². The number of nitrogens with one attached hydrogen (secondary N) is 1. The van der Waals surface area contributed by atoms with Gasteiger partial charge in [0.05, 0.1) is 5.69 Å². The lowest BCUT2D eigenvalue weighted by molar-refractivity contribution is 0.102. The molecule has 7 nitrogen and oxygen atoms in total. The summed E-state index contributed by atoms with van der Waals surface area (Å²) in [5.41, 5.74) is 1.30. The molecule has 3 aromatic heterocycles. The first-order valence-corrected chi connectivity index (χ1v) is 7.24. The number of hydrogen-bond donors (Lipinski definition) is 1. The Labute approximate surface area is 129 Å². The number of hydrogen-bond acceptors (Lipinski definition) is 6. The fourth-order valence-electron chi connectivity index (χ4n) is 1.75. The average Bonchev–Trinajstić information content (AvgIpc) is 2.99. The minimum Gasteiger partial charge on any atom is -0.296 e. The number of amides is 1. The summed E-state index contributed by atoms with van der Waals surface area (Å²) in [6.07, 6.45) is 1.68. The van der Waals surface area contributed by atoms with Crippen LogP contribution in [0, 0.1) is 0 Å². The number of aromatic nitrogens is 4. The van der Waals surface area contributed by atoms with Crippen molar-refractivity contribution in [3.63, 3.8) is 0 Å². The third-order valence-electron chi connectivity index (χ3n) is 2.85.